The van der Waals surface area contributed by atoms with Crippen molar-refractivity contribution < 1.29 is 0 Å². The Morgan fingerprint density at radius 2 is 0.364 bits per heavy atom. The fourth-order valence-corrected chi connectivity index (χ4v) is 8.43. The summed E-state index contributed by atoms with van der Waals surface area (Å²) in [7, 11) is 0. The predicted molar refractivity (Wildman–Crippen MR) is 272 cm³/mol. The number of aromatic nitrogens is 4. The number of nitrogens with zero attached hydrogens (tertiary/aromatic N) is 4. The number of hydrogen-bond acceptors (Lipinski definition) is 4. The van der Waals surface area contributed by atoms with Gasteiger partial charge in [-0.2, -0.15) is 0 Å². The van der Waals surface area contributed by atoms with Gasteiger partial charge >= 0.3 is 0 Å². The molecule has 0 bridgehead atoms. The van der Waals surface area contributed by atoms with E-state index in [0.717, 1.165) is 83.7 Å². The summed E-state index contributed by atoms with van der Waals surface area (Å²) in [5.74, 6) is 1.91. The molecule has 0 atom stereocenters. The lowest BCUT2D eigenvalue weighted by Gasteiger charge is -2.14. The van der Waals surface area contributed by atoms with Crippen molar-refractivity contribution in [2.45, 2.75) is 0 Å². The van der Waals surface area contributed by atoms with Crippen LogP contribution in [0.5, 0.6) is 0 Å². The van der Waals surface area contributed by atoms with Crippen molar-refractivity contribution in [3.8, 4) is 112 Å². The molecule has 0 fully saturated rings. The van der Waals surface area contributed by atoms with E-state index >= 15 is 0 Å². The third kappa shape index (κ3) is 8.59. The van der Waals surface area contributed by atoms with Crippen LogP contribution < -0.4 is 0 Å². The smallest absolute Gasteiger partial charge is 0.164 e. The number of pyridine rings is 1. The molecule has 0 N–H and O–H groups in total. The maximum absolute atomic E-state index is 5.20. The summed E-state index contributed by atoms with van der Waals surface area (Å²) >= 11 is 0. The minimum atomic E-state index is 0.627. The van der Waals surface area contributed by atoms with Crippen LogP contribution in [-0.2, 0) is 0 Å². The highest BCUT2D eigenvalue weighted by Gasteiger charge is 2.15. The lowest BCUT2D eigenvalue weighted by atomic mass is 9.92. The highest BCUT2D eigenvalue weighted by atomic mass is 15.0. The molecule has 2 heterocycles. The van der Waals surface area contributed by atoms with Crippen LogP contribution in [-0.4, -0.2) is 19.9 Å². The lowest BCUT2D eigenvalue weighted by molar-refractivity contribution is 1.07. The van der Waals surface area contributed by atoms with Gasteiger partial charge in [-0.15, -0.1) is 0 Å². The minimum Gasteiger partial charge on any atom is -0.248 e. The SMILES string of the molecule is c1ccc(-c2ccc(-c3cc(-c4ccc(-c5cc(-c6ccccc6)cc(-c6ccccc6)n5)cc4)cc(-c4ccc(-c5nc(-c6ccccc6)nc(-c6ccccc6)n5)cc4)c3)cc2)cc1. The Bertz CT molecular complexity index is 3090. The zero-order valence-electron chi connectivity index (χ0n) is 36.0. The quantitative estimate of drug-likeness (QED) is 0.138. The van der Waals surface area contributed by atoms with Gasteiger partial charge in [0.25, 0.3) is 0 Å². The van der Waals surface area contributed by atoms with E-state index < -0.39 is 0 Å². The minimum absolute atomic E-state index is 0.627. The van der Waals surface area contributed by atoms with Crippen molar-refractivity contribution in [2.24, 2.45) is 0 Å². The van der Waals surface area contributed by atoms with Crippen LogP contribution in [0.1, 0.15) is 0 Å². The summed E-state index contributed by atoms with van der Waals surface area (Å²) in [5, 5.41) is 0. The van der Waals surface area contributed by atoms with Gasteiger partial charge in [0.1, 0.15) is 0 Å². The molecule has 310 valence electrons. The lowest BCUT2D eigenvalue weighted by Crippen LogP contribution is -2.00. The largest absolute Gasteiger partial charge is 0.248 e. The first-order valence-electron chi connectivity index (χ1n) is 22.2. The van der Waals surface area contributed by atoms with Crippen LogP contribution in [0.3, 0.4) is 0 Å². The van der Waals surface area contributed by atoms with E-state index in [0.29, 0.717) is 17.5 Å². The summed E-state index contributed by atoms with van der Waals surface area (Å²) in [6, 6.07) is 89.1. The second kappa shape index (κ2) is 18.1. The van der Waals surface area contributed by atoms with E-state index in [4.69, 9.17) is 19.9 Å². The summed E-state index contributed by atoms with van der Waals surface area (Å²) in [6.45, 7) is 0. The average Bonchev–Trinajstić information content (AvgIpc) is 3.42. The molecular weight excluding hydrogens is 801 g/mol. The first kappa shape index (κ1) is 40.0. The molecule has 9 aromatic carbocycles. The molecule has 4 heteroatoms. The molecular formula is C62H42N4. The van der Waals surface area contributed by atoms with Gasteiger partial charge in [-0.1, -0.05) is 224 Å². The molecule has 0 saturated heterocycles. The molecule has 2 aromatic heterocycles. The van der Waals surface area contributed by atoms with Crippen LogP contribution >= 0.6 is 0 Å². The highest BCUT2D eigenvalue weighted by molar-refractivity contribution is 5.84. The molecule has 0 radical (unpaired) electrons. The van der Waals surface area contributed by atoms with Gasteiger partial charge in [0, 0.05) is 27.8 Å². The maximum atomic E-state index is 5.20. The van der Waals surface area contributed by atoms with E-state index in [-0.39, 0.29) is 0 Å². The molecule has 66 heavy (non-hydrogen) atoms. The Balaban J connectivity index is 0.976. The monoisotopic (exact) mass is 842 g/mol. The third-order valence-corrected chi connectivity index (χ3v) is 12.0. The second-order valence-corrected chi connectivity index (χ2v) is 16.3. The Hall–Kier alpha value is -8.86. The van der Waals surface area contributed by atoms with E-state index in [1.54, 1.807) is 0 Å². The van der Waals surface area contributed by atoms with Crippen molar-refractivity contribution in [3.63, 3.8) is 0 Å². The van der Waals surface area contributed by atoms with Crippen LogP contribution in [0.2, 0.25) is 0 Å². The Morgan fingerprint density at radius 3 is 0.727 bits per heavy atom. The van der Waals surface area contributed by atoms with Crippen molar-refractivity contribution in [1.82, 2.24) is 19.9 Å². The Morgan fingerprint density at radius 1 is 0.152 bits per heavy atom. The van der Waals surface area contributed by atoms with Crippen LogP contribution in [0.25, 0.3) is 112 Å². The predicted octanol–water partition coefficient (Wildman–Crippen LogP) is 15.9. The summed E-state index contributed by atoms with van der Waals surface area (Å²) in [4.78, 5) is 20.1. The van der Waals surface area contributed by atoms with Crippen molar-refractivity contribution >= 4 is 0 Å². The fraction of sp³-hybridized carbons (Fsp3) is 0. The Kier molecular flexibility index (Phi) is 10.9. The summed E-state index contributed by atoms with van der Waals surface area (Å²) < 4.78 is 0. The standard InChI is InChI=1S/C62H42N4/c1-6-16-43(17-7-1)45-26-28-46(29-27-45)54-38-55(47-30-34-50(35-31-47)59-42-57(44-18-8-2-9-19-44)41-58(63-59)49-20-10-3-11-21-49)40-56(39-54)48-32-36-53(37-33-48)62-65-60(51-22-12-4-13-23-51)64-61(66-62)52-24-14-5-15-25-52/h1-42H. The normalized spacial score (nSPS) is 11.0. The van der Waals surface area contributed by atoms with Gasteiger partial charge in [0.15, 0.2) is 17.5 Å². The summed E-state index contributed by atoms with van der Waals surface area (Å²) in [6.07, 6.45) is 0. The second-order valence-electron chi connectivity index (χ2n) is 16.3. The zero-order chi connectivity index (χ0) is 44.1. The Labute approximate surface area is 385 Å². The molecule has 0 aliphatic heterocycles. The molecule has 0 saturated carbocycles. The molecule has 0 amide bonds. The van der Waals surface area contributed by atoms with Gasteiger partial charge in [-0.25, -0.2) is 19.9 Å². The van der Waals surface area contributed by atoms with Crippen LogP contribution in [0.15, 0.2) is 255 Å². The van der Waals surface area contributed by atoms with Gasteiger partial charge < -0.3 is 0 Å². The van der Waals surface area contributed by atoms with Crippen molar-refractivity contribution in [3.05, 3.63) is 255 Å². The summed E-state index contributed by atoms with van der Waals surface area (Å²) in [5.41, 5.74) is 18.2. The van der Waals surface area contributed by atoms with E-state index in [1.807, 2.05) is 66.7 Å². The number of hydrogen-bond donors (Lipinski definition) is 0. The first-order chi connectivity index (χ1) is 32.7. The zero-order valence-corrected chi connectivity index (χ0v) is 36.0. The number of rotatable bonds is 10. The fourth-order valence-electron chi connectivity index (χ4n) is 8.43. The van der Waals surface area contributed by atoms with E-state index in [9.17, 15) is 0 Å². The van der Waals surface area contributed by atoms with E-state index in [2.05, 4.69) is 188 Å². The van der Waals surface area contributed by atoms with Gasteiger partial charge in [-0.05, 0) is 86.0 Å². The number of benzene rings is 9. The van der Waals surface area contributed by atoms with Crippen LogP contribution in [0.4, 0.5) is 0 Å². The first-order valence-corrected chi connectivity index (χ1v) is 22.2. The molecule has 0 aliphatic rings. The molecule has 11 rings (SSSR count). The van der Waals surface area contributed by atoms with Gasteiger partial charge in [0.05, 0.1) is 11.4 Å². The third-order valence-electron chi connectivity index (χ3n) is 12.0. The average molecular weight is 843 g/mol. The molecule has 4 nitrogen and oxygen atoms in total. The van der Waals surface area contributed by atoms with Crippen molar-refractivity contribution in [1.29, 1.82) is 0 Å². The highest BCUT2D eigenvalue weighted by Crippen LogP contribution is 2.37. The molecule has 0 unspecified atom stereocenters. The molecule has 0 spiro atoms. The molecule has 0 aliphatic carbocycles. The van der Waals surface area contributed by atoms with Crippen molar-refractivity contribution in [2.75, 3.05) is 0 Å². The topological polar surface area (TPSA) is 51.6 Å². The molecule has 11 aromatic rings. The van der Waals surface area contributed by atoms with Gasteiger partial charge in [-0.3, -0.25) is 0 Å². The van der Waals surface area contributed by atoms with E-state index in [1.165, 1.54) is 11.1 Å². The maximum Gasteiger partial charge on any atom is 0.164 e. The van der Waals surface area contributed by atoms with Crippen LogP contribution in [0, 0.1) is 0 Å². The van der Waals surface area contributed by atoms with Gasteiger partial charge in [0.2, 0.25) is 0 Å².